The number of nitrogens with zero attached hydrogens (tertiary/aromatic N) is 2. The molecule has 1 fully saturated rings. The van der Waals surface area contributed by atoms with Gasteiger partial charge in [-0.1, -0.05) is 43.2 Å². The summed E-state index contributed by atoms with van der Waals surface area (Å²) in [5, 5.41) is 0. The Kier molecular flexibility index (Phi) is 3.86. The maximum atomic E-state index is 12.5. The molecule has 1 aliphatic carbocycles. The molecule has 0 saturated heterocycles. The van der Waals surface area contributed by atoms with Gasteiger partial charge in [-0.25, -0.2) is 0 Å². The quantitative estimate of drug-likeness (QED) is 0.796. The first-order valence-corrected chi connectivity index (χ1v) is 7.61. The molecule has 0 radical (unpaired) electrons. The molecule has 21 heavy (non-hydrogen) atoms. The highest BCUT2D eigenvalue weighted by molar-refractivity contribution is 6.13. The Hall–Kier alpha value is -1.97. The number of imide groups is 1. The average Bonchev–Trinajstić information content (AvgIpc) is 2.63. The van der Waals surface area contributed by atoms with Crippen LogP contribution in [0.25, 0.3) is 0 Å². The number of hydrogen-bond acceptors (Lipinski definition) is 3. The summed E-state index contributed by atoms with van der Waals surface area (Å²) < 4.78 is 0. The molecule has 2 atom stereocenters. The lowest BCUT2D eigenvalue weighted by molar-refractivity contribution is -0.146. The molecule has 0 aromatic heterocycles. The van der Waals surface area contributed by atoms with E-state index in [-0.39, 0.29) is 30.3 Å². The summed E-state index contributed by atoms with van der Waals surface area (Å²) in [6.07, 6.45) is 4.23. The lowest BCUT2D eigenvalue weighted by Gasteiger charge is -2.34. The van der Waals surface area contributed by atoms with E-state index >= 15 is 0 Å². The van der Waals surface area contributed by atoms with E-state index in [0.29, 0.717) is 0 Å². The Balaban J connectivity index is 1.99. The molecule has 3 rings (SSSR count). The first-order chi connectivity index (χ1) is 10.2. The largest absolute Gasteiger partial charge is 0.283 e. The maximum absolute atomic E-state index is 12.5. The molecule has 1 heterocycles. The Morgan fingerprint density at radius 3 is 2.62 bits per heavy atom. The van der Waals surface area contributed by atoms with Gasteiger partial charge in [0.1, 0.15) is 0 Å². The summed E-state index contributed by atoms with van der Waals surface area (Å²) in [5.74, 6) is -0.263. The molecule has 0 spiro atoms. The number of benzene rings is 1. The Labute approximate surface area is 124 Å². The molecule has 1 aromatic carbocycles. The first-order valence-electron chi connectivity index (χ1n) is 7.61. The molecule has 110 valence electrons. The van der Waals surface area contributed by atoms with Crippen molar-refractivity contribution in [2.75, 3.05) is 0 Å². The highest BCUT2D eigenvalue weighted by Gasteiger charge is 2.38. The molecular weight excluding hydrogens is 264 g/mol. The fourth-order valence-electron chi connectivity index (χ4n) is 3.42. The smallest absolute Gasteiger partial charge is 0.235 e. The minimum Gasteiger partial charge on any atom is -0.283 e. The number of aliphatic imine (C=N–C) groups is 1. The maximum Gasteiger partial charge on any atom is 0.235 e. The van der Waals surface area contributed by atoms with Gasteiger partial charge < -0.3 is 0 Å². The van der Waals surface area contributed by atoms with Gasteiger partial charge in [0.2, 0.25) is 11.8 Å². The van der Waals surface area contributed by atoms with Gasteiger partial charge in [0.25, 0.3) is 0 Å². The number of fused-ring (bicyclic) bond motifs is 1. The molecule has 1 aromatic rings. The number of amides is 2. The molecule has 1 aliphatic heterocycles. The molecule has 2 amide bonds. The zero-order valence-electron chi connectivity index (χ0n) is 12.3. The fourth-order valence-corrected chi connectivity index (χ4v) is 3.42. The molecule has 0 bridgehead atoms. The molecule has 1 saturated carbocycles. The summed E-state index contributed by atoms with van der Waals surface area (Å²) in [6, 6.07) is 9.83. The SMILES string of the molecule is CC(=O)N1C(=O)CC(c2ccccc2)=NC2CCCCC21. The van der Waals surface area contributed by atoms with Crippen LogP contribution < -0.4 is 0 Å². The summed E-state index contributed by atoms with van der Waals surface area (Å²) in [6.45, 7) is 1.48. The summed E-state index contributed by atoms with van der Waals surface area (Å²) in [5.41, 5.74) is 1.81. The van der Waals surface area contributed by atoms with Crippen molar-refractivity contribution in [2.24, 2.45) is 4.99 Å². The lowest BCUT2D eigenvalue weighted by Crippen LogP contribution is -2.49. The standard InChI is InChI=1S/C17H20N2O2/c1-12(20)19-16-10-6-5-9-14(16)18-15(11-17(19)21)13-7-3-2-4-8-13/h2-4,7-8,14,16H,5-6,9-11H2,1H3. The highest BCUT2D eigenvalue weighted by Crippen LogP contribution is 2.29. The van der Waals surface area contributed by atoms with Crippen molar-refractivity contribution in [1.82, 2.24) is 4.90 Å². The van der Waals surface area contributed by atoms with Crippen molar-refractivity contribution in [1.29, 1.82) is 0 Å². The second kappa shape index (κ2) is 5.80. The van der Waals surface area contributed by atoms with Gasteiger partial charge in [-0.15, -0.1) is 0 Å². The van der Waals surface area contributed by atoms with Crippen LogP contribution in [0.15, 0.2) is 35.3 Å². The van der Waals surface area contributed by atoms with Crippen molar-refractivity contribution >= 4 is 17.5 Å². The van der Waals surface area contributed by atoms with E-state index in [0.717, 1.165) is 37.0 Å². The van der Waals surface area contributed by atoms with Crippen LogP contribution in [0.3, 0.4) is 0 Å². The zero-order valence-corrected chi connectivity index (χ0v) is 12.3. The topological polar surface area (TPSA) is 49.7 Å². The van der Waals surface area contributed by atoms with Gasteiger partial charge in [0, 0.05) is 6.92 Å². The van der Waals surface area contributed by atoms with Crippen LogP contribution in [0.2, 0.25) is 0 Å². The van der Waals surface area contributed by atoms with Crippen LogP contribution in [-0.4, -0.2) is 34.5 Å². The van der Waals surface area contributed by atoms with Gasteiger partial charge in [-0.05, 0) is 18.4 Å². The highest BCUT2D eigenvalue weighted by atomic mass is 16.2. The third-order valence-electron chi connectivity index (χ3n) is 4.38. The molecule has 2 unspecified atom stereocenters. The predicted octanol–water partition coefficient (Wildman–Crippen LogP) is 2.57. The number of hydrogen-bond donors (Lipinski definition) is 0. The van der Waals surface area contributed by atoms with Crippen molar-refractivity contribution in [2.45, 2.75) is 51.1 Å². The van der Waals surface area contributed by atoms with E-state index in [1.165, 1.54) is 11.8 Å². The Morgan fingerprint density at radius 2 is 1.90 bits per heavy atom. The average molecular weight is 284 g/mol. The summed E-state index contributed by atoms with van der Waals surface area (Å²) in [7, 11) is 0. The monoisotopic (exact) mass is 284 g/mol. The minimum atomic E-state index is -0.151. The van der Waals surface area contributed by atoms with E-state index in [4.69, 9.17) is 4.99 Å². The number of rotatable bonds is 1. The van der Waals surface area contributed by atoms with Gasteiger partial charge in [-0.2, -0.15) is 0 Å². The van der Waals surface area contributed by atoms with E-state index in [1.54, 1.807) is 0 Å². The fraction of sp³-hybridized carbons (Fsp3) is 0.471. The predicted molar refractivity (Wildman–Crippen MR) is 81.2 cm³/mol. The Morgan fingerprint density at radius 1 is 1.19 bits per heavy atom. The molecule has 0 N–H and O–H groups in total. The van der Waals surface area contributed by atoms with E-state index in [2.05, 4.69) is 0 Å². The van der Waals surface area contributed by atoms with Gasteiger partial charge in [0.15, 0.2) is 0 Å². The van der Waals surface area contributed by atoms with Gasteiger partial charge >= 0.3 is 0 Å². The number of carbonyl (C=O) groups excluding carboxylic acids is 2. The van der Waals surface area contributed by atoms with Crippen LogP contribution in [0, 0.1) is 0 Å². The second-order valence-corrected chi connectivity index (χ2v) is 5.82. The lowest BCUT2D eigenvalue weighted by atomic mass is 9.89. The third kappa shape index (κ3) is 2.75. The van der Waals surface area contributed by atoms with Crippen LogP contribution >= 0.6 is 0 Å². The number of carbonyl (C=O) groups is 2. The summed E-state index contributed by atoms with van der Waals surface area (Å²) >= 11 is 0. The zero-order chi connectivity index (χ0) is 14.8. The van der Waals surface area contributed by atoms with E-state index < -0.39 is 0 Å². The van der Waals surface area contributed by atoms with Gasteiger partial charge in [0.05, 0.1) is 24.2 Å². The van der Waals surface area contributed by atoms with Crippen molar-refractivity contribution in [3.8, 4) is 0 Å². The molecule has 2 aliphatic rings. The van der Waals surface area contributed by atoms with Crippen LogP contribution in [0.4, 0.5) is 0 Å². The van der Waals surface area contributed by atoms with E-state index in [9.17, 15) is 9.59 Å². The van der Waals surface area contributed by atoms with Crippen molar-refractivity contribution < 1.29 is 9.59 Å². The van der Waals surface area contributed by atoms with Gasteiger partial charge in [-0.3, -0.25) is 19.5 Å². The molecular formula is C17H20N2O2. The van der Waals surface area contributed by atoms with Crippen molar-refractivity contribution in [3.63, 3.8) is 0 Å². The van der Waals surface area contributed by atoms with Crippen LogP contribution in [-0.2, 0) is 9.59 Å². The third-order valence-corrected chi connectivity index (χ3v) is 4.38. The normalized spacial score (nSPS) is 25.9. The molecule has 4 heteroatoms. The van der Waals surface area contributed by atoms with Crippen LogP contribution in [0.5, 0.6) is 0 Å². The van der Waals surface area contributed by atoms with E-state index in [1.807, 2.05) is 30.3 Å². The van der Waals surface area contributed by atoms with Crippen LogP contribution in [0.1, 0.15) is 44.6 Å². The Bertz CT molecular complexity index is 580. The molecule has 4 nitrogen and oxygen atoms in total. The second-order valence-electron chi connectivity index (χ2n) is 5.82. The van der Waals surface area contributed by atoms with Crippen molar-refractivity contribution in [3.05, 3.63) is 35.9 Å². The first kappa shape index (κ1) is 14.0. The summed E-state index contributed by atoms with van der Waals surface area (Å²) in [4.78, 5) is 30.7. The minimum absolute atomic E-state index is 0.0510.